The van der Waals surface area contributed by atoms with Crippen LogP contribution in [0.1, 0.15) is 54.0 Å². The molecule has 0 amide bonds. The summed E-state index contributed by atoms with van der Waals surface area (Å²) in [7, 11) is -3.76. The second-order valence-corrected chi connectivity index (χ2v) is 10.9. The van der Waals surface area contributed by atoms with Crippen molar-refractivity contribution in [2.75, 3.05) is 6.54 Å². The molecule has 3 rings (SSSR count). The van der Waals surface area contributed by atoms with Crippen molar-refractivity contribution in [2.24, 2.45) is 0 Å². The van der Waals surface area contributed by atoms with Gasteiger partial charge in [-0.15, -0.1) is 11.3 Å². The Labute approximate surface area is 174 Å². The lowest BCUT2D eigenvalue weighted by Gasteiger charge is -2.28. The van der Waals surface area contributed by atoms with Gasteiger partial charge in [-0.25, -0.2) is 13.1 Å². The number of hydrogen-bond donors (Lipinski definition) is 2. The summed E-state index contributed by atoms with van der Waals surface area (Å²) in [6.07, 6.45) is 3.44. The fourth-order valence-corrected chi connectivity index (χ4v) is 6.72. The predicted octanol–water partition coefficient (Wildman–Crippen LogP) is 5.21. The van der Waals surface area contributed by atoms with Gasteiger partial charge in [0.25, 0.3) is 0 Å². The minimum absolute atomic E-state index is 0.0510. The van der Waals surface area contributed by atoms with Crippen molar-refractivity contribution in [1.29, 1.82) is 0 Å². The molecular formula is C19H23Cl2NO3S2. The van der Waals surface area contributed by atoms with E-state index in [1.807, 2.05) is 12.1 Å². The van der Waals surface area contributed by atoms with Crippen LogP contribution in [0.15, 0.2) is 29.2 Å². The van der Waals surface area contributed by atoms with Crippen molar-refractivity contribution in [3.8, 4) is 0 Å². The molecule has 1 aliphatic carbocycles. The lowest BCUT2D eigenvalue weighted by Crippen LogP contribution is -2.38. The maximum Gasteiger partial charge on any atom is 0.242 e. The first-order chi connectivity index (χ1) is 12.6. The van der Waals surface area contributed by atoms with E-state index in [-0.39, 0.29) is 15.3 Å². The third kappa shape index (κ3) is 4.36. The predicted molar refractivity (Wildman–Crippen MR) is 111 cm³/mol. The van der Waals surface area contributed by atoms with Gasteiger partial charge in [-0.05, 0) is 56.5 Å². The Hall–Kier alpha value is -0.630. The van der Waals surface area contributed by atoms with Crippen molar-refractivity contribution in [3.63, 3.8) is 0 Å². The largest absolute Gasteiger partial charge is 0.388 e. The van der Waals surface area contributed by atoms with Crippen LogP contribution in [0, 0.1) is 6.92 Å². The zero-order valence-corrected chi connectivity index (χ0v) is 18.4. The van der Waals surface area contributed by atoms with Gasteiger partial charge in [0.15, 0.2) is 0 Å². The van der Waals surface area contributed by atoms with Crippen LogP contribution in [0.5, 0.6) is 0 Å². The lowest BCUT2D eigenvalue weighted by atomic mass is 9.85. The molecule has 2 aromatic rings. The normalized spacial score (nSPS) is 18.0. The number of aliphatic hydroxyl groups is 1. The highest BCUT2D eigenvalue weighted by atomic mass is 35.5. The van der Waals surface area contributed by atoms with Crippen LogP contribution in [-0.4, -0.2) is 20.1 Å². The van der Waals surface area contributed by atoms with E-state index in [1.54, 1.807) is 25.2 Å². The molecule has 27 heavy (non-hydrogen) atoms. The Bertz CT molecular complexity index is 932. The van der Waals surface area contributed by atoms with Crippen molar-refractivity contribution >= 4 is 44.6 Å². The molecule has 1 aromatic carbocycles. The minimum Gasteiger partial charge on any atom is -0.388 e. The smallest absolute Gasteiger partial charge is 0.242 e. The van der Waals surface area contributed by atoms with Gasteiger partial charge in [0.05, 0.1) is 11.1 Å². The molecule has 1 atom stereocenters. The van der Waals surface area contributed by atoms with Crippen molar-refractivity contribution in [2.45, 2.75) is 55.9 Å². The summed E-state index contributed by atoms with van der Waals surface area (Å²) in [5.74, 6) is 0. The number of benzene rings is 1. The molecule has 4 nitrogen and oxygen atoms in total. The average Bonchev–Trinajstić information content (AvgIpc) is 3.26. The van der Waals surface area contributed by atoms with Crippen LogP contribution in [0.2, 0.25) is 10.0 Å². The zero-order chi connectivity index (χ0) is 19.8. The SMILES string of the molecule is Cc1cc(S(=O)(=O)NCC2(c3ccc(C(C)O)s3)CCCC2)c(Cl)cc1Cl. The van der Waals surface area contributed by atoms with Crippen LogP contribution in [0.3, 0.4) is 0 Å². The van der Waals surface area contributed by atoms with E-state index >= 15 is 0 Å². The molecular weight excluding hydrogens is 425 g/mol. The number of nitrogens with one attached hydrogen (secondary N) is 1. The maximum atomic E-state index is 12.9. The third-order valence-corrected chi connectivity index (χ3v) is 9.00. The van der Waals surface area contributed by atoms with Crippen LogP contribution < -0.4 is 4.72 Å². The fraction of sp³-hybridized carbons (Fsp3) is 0.474. The Kier molecular flexibility index (Phi) is 6.26. The molecule has 1 aliphatic rings. The molecule has 1 fully saturated rings. The molecule has 1 saturated carbocycles. The number of aliphatic hydroxyl groups excluding tert-OH is 1. The van der Waals surface area contributed by atoms with E-state index in [4.69, 9.17) is 23.2 Å². The molecule has 0 radical (unpaired) electrons. The number of halogens is 2. The van der Waals surface area contributed by atoms with Gasteiger partial charge in [0.2, 0.25) is 10.0 Å². The first-order valence-corrected chi connectivity index (χ1v) is 11.9. The summed E-state index contributed by atoms with van der Waals surface area (Å²) in [5, 5.41) is 10.4. The van der Waals surface area contributed by atoms with Crippen molar-refractivity contribution in [1.82, 2.24) is 4.72 Å². The summed E-state index contributed by atoms with van der Waals surface area (Å²) in [6, 6.07) is 6.92. The van der Waals surface area contributed by atoms with Gasteiger partial charge >= 0.3 is 0 Å². The highest BCUT2D eigenvalue weighted by Crippen LogP contribution is 2.44. The first kappa shape index (κ1) is 21.1. The molecule has 1 unspecified atom stereocenters. The Balaban J connectivity index is 1.87. The Morgan fingerprint density at radius 2 is 1.89 bits per heavy atom. The van der Waals surface area contributed by atoms with E-state index in [0.29, 0.717) is 17.1 Å². The van der Waals surface area contributed by atoms with Crippen molar-refractivity contribution in [3.05, 3.63) is 49.6 Å². The first-order valence-electron chi connectivity index (χ1n) is 8.88. The van der Waals surface area contributed by atoms with Gasteiger partial charge in [0.1, 0.15) is 4.90 Å². The summed E-state index contributed by atoms with van der Waals surface area (Å²) >= 11 is 13.7. The van der Waals surface area contributed by atoms with E-state index < -0.39 is 16.1 Å². The number of hydrogen-bond acceptors (Lipinski definition) is 4. The highest BCUT2D eigenvalue weighted by molar-refractivity contribution is 7.89. The quantitative estimate of drug-likeness (QED) is 0.638. The van der Waals surface area contributed by atoms with Crippen LogP contribution >= 0.6 is 34.5 Å². The van der Waals surface area contributed by atoms with Gasteiger partial charge in [-0.1, -0.05) is 36.0 Å². The number of sulfonamides is 1. The minimum atomic E-state index is -3.76. The average molecular weight is 448 g/mol. The molecule has 1 aromatic heterocycles. The molecule has 148 valence electrons. The Morgan fingerprint density at radius 3 is 2.48 bits per heavy atom. The topological polar surface area (TPSA) is 66.4 Å². The molecule has 0 spiro atoms. The van der Waals surface area contributed by atoms with Gasteiger partial charge in [0, 0.05) is 26.7 Å². The van der Waals surface area contributed by atoms with E-state index in [1.165, 1.54) is 12.1 Å². The van der Waals surface area contributed by atoms with Gasteiger partial charge in [-0.2, -0.15) is 0 Å². The monoisotopic (exact) mass is 447 g/mol. The zero-order valence-electron chi connectivity index (χ0n) is 15.3. The summed E-state index contributed by atoms with van der Waals surface area (Å²) in [4.78, 5) is 2.07. The summed E-state index contributed by atoms with van der Waals surface area (Å²) in [6.45, 7) is 3.80. The van der Waals surface area contributed by atoms with Crippen LogP contribution in [-0.2, 0) is 15.4 Å². The number of rotatable bonds is 6. The maximum absolute atomic E-state index is 12.9. The number of thiophene rings is 1. The second kappa shape index (κ2) is 8.01. The highest BCUT2D eigenvalue weighted by Gasteiger charge is 2.38. The second-order valence-electron chi connectivity index (χ2n) is 7.22. The Morgan fingerprint density at radius 1 is 1.22 bits per heavy atom. The fourth-order valence-electron chi connectivity index (χ4n) is 3.57. The third-order valence-electron chi connectivity index (χ3n) is 5.23. The summed E-state index contributed by atoms with van der Waals surface area (Å²) < 4.78 is 28.5. The van der Waals surface area contributed by atoms with Crippen molar-refractivity contribution < 1.29 is 13.5 Å². The molecule has 0 bridgehead atoms. The summed E-state index contributed by atoms with van der Waals surface area (Å²) in [5.41, 5.74) is 0.426. The molecule has 2 N–H and O–H groups in total. The van der Waals surface area contributed by atoms with E-state index in [0.717, 1.165) is 35.4 Å². The van der Waals surface area contributed by atoms with E-state index in [9.17, 15) is 13.5 Å². The molecule has 0 saturated heterocycles. The lowest BCUT2D eigenvalue weighted by molar-refractivity contribution is 0.203. The van der Waals surface area contributed by atoms with E-state index in [2.05, 4.69) is 4.72 Å². The van der Waals surface area contributed by atoms with Gasteiger partial charge < -0.3 is 5.11 Å². The number of aryl methyl sites for hydroxylation is 1. The molecule has 8 heteroatoms. The van der Waals surface area contributed by atoms with Crippen LogP contribution in [0.25, 0.3) is 0 Å². The molecule has 0 aliphatic heterocycles. The van der Waals surface area contributed by atoms with Gasteiger partial charge in [-0.3, -0.25) is 0 Å². The standard InChI is InChI=1S/C19H23Cl2NO3S2/c1-12-9-17(15(21)10-14(12)20)27(24,25)22-11-19(7-3-4-8-19)18-6-5-16(26-18)13(2)23/h5-6,9-10,13,22-23H,3-4,7-8,11H2,1-2H3. The molecule has 1 heterocycles. The van der Waals surface area contributed by atoms with Crippen LogP contribution in [0.4, 0.5) is 0 Å².